The number of aromatic nitrogens is 2. The third kappa shape index (κ3) is 4.08. The highest BCUT2D eigenvalue weighted by Gasteiger charge is 2.21. The molecule has 1 rings (SSSR count). The molecule has 0 saturated heterocycles. The van der Waals surface area contributed by atoms with Crippen LogP contribution in [0.25, 0.3) is 0 Å². The fourth-order valence-electron chi connectivity index (χ4n) is 1.65. The topological polar surface area (TPSA) is 84.2 Å². The lowest BCUT2D eigenvalue weighted by Gasteiger charge is -2.25. The van der Waals surface area contributed by atoms with Gasteiger partial charge in [0, 0.05) is 12.7 Å². The van der Waals surface area contributed by atoms with E-state index in [2.05, 4.69) is 9.97 Å². The summed E-state index contributed by atoms with van der Waals surface area (Å²) in [4.78, 5) is 20.4. The quantitative estimate of drug-likeness (QED) is 0.558. The number of aromatic amines is 1. The molecular weight excluding hydrogens is 252 g/mol. The van der Waals surface area contributed by atoms with Crippen LogP contribution in [0.4, 0.5) is 0 Å². The molecule has 6 nitrogen and oxygen atoms in total. The van der Waals surface area contributed by atoms with E-state index in [0.717, 1.165) is 5.69 Å². The van der Waals surface area contributed by atoms with Crippen molar-refractivity contribution >= 4 is 23.2 Å². The molecule has 0 saturated carbocycles. The van der Waals surface area contributed by atoms with Gasteiger partial charge in [-0.2, -0.15) is 0 Å². The Labute approximate surface area is 112 Å². The van der Waals surface area contributed by atoms with Crippen molar-refractivity contribution in [3.8, 4) is 0 Å². The molecule has 0 amide bonds. The number of H-pyrrole nitrogens is 1. The van der Waals surface area contributed by atoms with E-state index in [1.54, 1.807) is 19.4 Å². The molecule has 3 N–H and O–H groups in total. The predicted molar refractivity (Wildman–Crippen MR) is 72.0 cm³/mol. The van der Waals surface area contributed by atoms with E-state index in [1.807, 2.05) is 11.9 Å². The van der Waals surface area contributed by atoms with Crippen LogP contribution in [0.5, 0.6) is 0 Å². The number of carbonyl (C=O) groups is 1. The zero-order chi connectivity index (χ0) is 13.5. The summed E-state index contributed by atoms with van der Waals surface area (Å²) in [5, 5.41) is 0. The summed E-state index contributed by atoms with van der Waals surface area (Å²) in [5.74, 6) is -0.226. The summed E-state index contributed by atoms with van der Waals surface area (Å²) >= 11 is 5.04. The van der Waals surface area contributed by atoms with Crippen LogP contribution in [0.2, 0.25) is 0 Å². The summed E-state index contributed by atoms with van der Waals surface area (Å²) in [7, 11) is 1.85. The highest BCUT2D eigenvalue weighted by Crippen LogP contribution is 2.17. The van der Waals surface area contributed by atoms with Crippen molar-refractivity contribution in [3.05, 3.63) is 18.2 Å². The summed E-state index contributed by atoms with van der Waals surface area (Å²) in [5.41, 5.74) is 6.53. The molecule has 0 aliphatic rings. The van der Waals surface area contributed by atoms with Gasteiger partial charge in [0.2, 0.25) is 0 Å². The first-order chi connectivity index (χ1) is 8.56. The average Bonchev–Trinajstić information content (AvgIpc) is 2.80. The number of hydrogen-bond donors (Lipinski definition) is 2. The molecular formula is C11H18N4O2S. The average molecular weight is 270 g/mol. The molecule has 0 aromatic carbocycles. The summed E-state index contributed by atoms with van der Waals surface area (Å²) in [6, 6.07) is -0.253. The van der Waals surface area contributed by atoms with Gasteiger partial charge in [0.25, 0.3) is 0 Å². The van der Waals surface area contributed by atoms with Gasteiger partial charge in [0.05, 0.1) is 30.0 Å². The van der Waals surface area contributed by atoms with Crippen LogP contribution < -0.4 is 5.73 Å². The Bertz CT molecular complexity index is 394. The Morgan fingerprint density at radius 1 is 1.72 bits per heavy atom. The highest BCUT2D eigenvalue weighted by molar-refractivity contribution is 7.80. The first-order valence-corrected chi connectivity index (χ1v) is 6.10. The van der Waals surface area contributed by atoms with Crippen molar-refractivity contribution in [3.63, 3.8) is 0 Å². The zero-order valence-corrected chi connectivity index (χ0v) is 11.4. The van der Waals surface area contributed by atoms with E-state index < -0.39 is 0 Å². The Hall–Kier alpha value is -1.47. The van der Waals surface area contributed by atoms with Gasteiger partial charge in [-0.1, -0.05) is 12.2 Å². The maximum absolute atomic E-state index is 11.3. The summed E-state index contributed by atoms with van der Waals surface area (Å²) in [6.45, 7) is 2.69. The van der Waals surface area contributed by atoms with Crippen LogP contribution in [0.3, 0.4) is 0 Å². The second-order valence-electron chi connectivity index (χ2n) is 3.85. The fourth-order valence-corrected chi connectivity index (χ4v) is 1.96. The van der Waals surface area contributed by atoms with Gasteiger partial charge < -0.3 is 15.5 Å². The van der Waals surface area contributed by atoms with Gasteiger partial charge in [-0.25, -0.2) is 4.98 Å². The number of carbonyl (C=O) groups excluding carboxylic acids is 1. The smallest absolute Gasteiger partial charge is 0.307 e. The van der Waals surface area contributed by atoms with E-state index >= 15 is 0 Å². The van der Waals surface area contributed by atoms with Crippen molar-refractivity contribution in [1.82, 2.24) is 14.9 Å². The molecule has 1 atom stereocenters. The number of esters is 1. The number of nitrogens with zero attached hydrogens (tertiary/aromatic N) is 2. The normalized spacial score (nSPS) is 12.4. The maximum atomic E-state index is 11.3. The Morgan fingerprint density at radius 3 is 2.94 bits per heavy atom. The second-order valence-corrected chi connectivity index (χ2v) is 4.32. The van der Waals surface area contributed by atoms with Gasteiger partial charge in [-0.3, -0.25) is 9.69 Å². The Kier molecular flexibility index (Phi) is 5.73. The monoisotopic (exact) mass is 270 g/mol. The van der Waals surface area contributed by atoms with Crippen molar-refractivity contribution in [2.45, 2.75) is 19.4 Å². The third-order valence-corrected chi connectivity index (χ3v) is 2.72. The van der Waals surface area contributed by atoms with Crippen molar-refractivity contribution < 1.29 is 9.53 Å². The van der Waals surface area contributed by atoms with Gasteiger partial charge in [-0.15, -0.1) is 0 Å². The number of nitrogens with one attached hydrogen (secondary N) is 1. The number of nitrogens with two attached hydrogens (primary N) is 1. The first kappa shape index (κ1) is 14.6. The largest absolute Gasteiger partial charge is 0.466 e. The van der Waals surface area contributed by atoms with E-state index in [-0.39, 0.29) is 12.0 Å². The van der Waals surface area contributed by atoms with Gasteiger partial charge in [0.15, 0.2) is 0 Å². The Balaban J connectivity index is 2.59. The molecule has 0 radical (unpaired) electrons. The van der Waals surface area contributed by atoms with Crippen LogP contribution in [0.15, 0.2) is 12.5 Å². The van der Waals surface area contributed by atoms with Crippen LogP contribution >= 0.6 is 12.2 Å². The lowest BCUT2D eigenvalue weighted by atomic mass is 10.2. The maximum Gasteiger partial charge on any atom is 0.307 e. The van der Waals surface area contributed by atoms with Gasteiger partial charge >= 0.3 is 5.97 Å². The number of hydrogen-bond acceptors (Lipinski definition) is 5. The predicted octanol–water partition coefficient (Wildman–Crippen LogP) is 0.622. The van der Waals surface area contributed by atoms with Crippen molar-refractivity contribution in [2.75, 3.05) is 20.2 Å². The molecule has 0 aliphatic heterocycles. The van der Waals surface area contributed by atoms with Crippen LogP contribution in [0.1, 0.15) is 25.1 Å². The van der Waals surface area contributed by atoms with Gasteiger partial charge in [-0.05, 0) is 14.0 Å². The second kappa shape index (κ2) is 7.07. The molecule has 7 heteroatoms. The molecule has 100 valence electrons. The van der Waals surface area contributed by atoms with Crippen LogP contribution in [-0.2, 0) is 9.53 Å². The number of rotatable bonds is 7. The molecule has 0 fully saturated rings. The summed E-state index contributed by atoms with van der Waals surface area (Å²) in [6.07, 6.45) is 3.54. The lowest BCUT2D eigenvalue weighted by molar-refractivity contribution is -0.143. The zero-order valence-electron chi connectivity index (χ0n) is 10.5. The van der Waals surface area contributed by atoms with E-state index in [1.165, 1.54) is 0 Å². The van der Waals surface area contributed by atoms with Crippen molar-refractivity contribution in [1.29, 1.82) is 0 Å². The number of likely N-dealkylation sites (N-methyl/N-ethyl adjacent to an activating group) is 1. The van der Waals surface area contributed by atoms with Gasteiger partial charge in [0.1, 0.15) is 6.04 Å². The van der Waals surface area contributed by atoms with Crippen molar-refractivity contribution in [2.24, 2.45) is 5.73 Å². The fraction of sp³-hybridized carbons (Fsp3) is 0.545. The third-order valence-electron chi connectivity index (χ3n) is 2.50. The van der Waals surface area contributed by atoms with E-state index in [9.17, 15) is 4.79 Å². The molecule has 1 unspecified atom stereocenters. The standard InChI is InChI=1S/C11H18N4O2S/c1-3-17-9(16)4-5-15(2)10(11(12)18)8-6-13-7-14-8/h6-7,10H,3-5H2,1-2H3,(H2,12,18)(H,13,14). The molecule has 1 aromatic heterocycles. The minimum Gasteiger partial charge on any atom is -0.466 e. The minimum absolute atomic E-state index is 0.226. The number of ether oxygens (including phenoxy) is 1. The van der Waals surface area contributed by atoms with E-state index in [0.29, 0.717) is 24.6 Å². The Morgan fingerprint density at radius 2 is 2.44 bits per heavy atom. The van der Waals surface area contributed by atoms with Crippen LogP contribution in [0, 0.1) is 0 Å². The molecule has 1 aromatic rings. The molecule has 0 spiro atoms. The van der Waals surface area contributed by atoms with Crippen LogP contribution in [-0.4, -0.2) is 46.0 Å². The minimum atomic E-state index is -0.253. The number of imidazole rings is 1. The number of thiocarbonyl (C=S) groups is 1. The SMILES string of the molecule is CCOC(=O)CCN(C)C(C(N)=S)c1cnc[nH]1. The molecule has 0 aliphatic carbocycles. The molecule has 18 heavy (non-hydrogen) atoms. The summed E-state index contributed by atoms with van der Waals surface area (Å²) < 4.78 is 4.87. The lowest BCUT2D eigenvalue weighted by Crippen LogP contribution is -2.35. The molecule has 0 bridgehead atoms. The molecule has 1 heterocycles. The first-order valence-electron chi connectivity index (χ1n) is 5.69. The highest BCUT2D eigenvalue weighted by atomic mass is 32.1. The van der Waals surface area contributed by atoms with E-state index in [4.69, 9.17) is 22.7 Å².